The van der Waals surface area contributed by atoms with Crippen LogP contribution in [-0.2, 0) is 6.54 Å². The highest BCUT2D eigenvalue weighted by Crippen LogP contribution is 2.30. The Kier molecular flexibility index (Phi) is 4.71. The van der Waals surface area contributed by atoms with Crippen LogP contribution in [0, 0.1) is 5.92 Å². The molecular formula is C15H22N2O3. The molecule has 2 rings (SSSR count). The Morgan fingerprint density at radius 1 is 1.30 bits per heavy atom. The summed E-state index contributed by atoms with van der Waals surface area (Å²) in [7, 11) is 1.78. The smallest absolute Gasteiger partial charge is 0.317 e. The van der Waals surface area contributed by atoms with Gasteiger partial charge in [0.05, 0.1) is 0 Å². The Balaban J connectivity index is 1.93. The molecule has 0 saturated carbocycles. The molecule has 0 fully saturated rings. The van der Waals surface area contributed by atoms with E-state index < -0.39 is 0 Å². The third-order valence-corrected chi connectivity index (χ3v) is 3.03. The second-order valence-electron chi connectivity index (χ2n) is 5.41. The fraction of sp³-hybridized carbons (Fsp3) is 0.533. The first-order chi connectivity index (χ1) is 9.56. The van der Waals surface area contributed by atoms with Crippen LogP contribution in [0.4, 0.5) is 4.79 Å². The monoisotopic (exact) mass is 278 g/mol. The van der Waals surface area contributed by atoms with E-state index in [2.05, 4.69) is 19.2 Å². The number of rotatable bonds is 4. The summed E-state index contributed by atoms with van der Waals surface area (Å²) in [6.45, 7) is 6.53. The van der Waals surface area contributed by atoms with Crippen LogP contribution in [0.2, 0.25) is 0 Å². The van der Waals surface area contributed by atoms with Gasteiger partial charge >= 0.3 is 6.03 Å². The number of benzene rings is 1. The Bertz CT molecular complexity index is 474. The van der Waals surface area contributed by atoms with Crippen molar-refractivity contribution in [2.24, 2.45) is 5.92 Å². The molecule has 1 N–H and O–H groups in total. The van der Waals surface area contributed by atoms with Gasteiger partial charge in [0.25, 0.3) is 0 Å². The summed E-state index contributed by atoms with van der Waals surface area (Å²) in [5.74, 6) is 1.97. The lowest BCUT2D eigenvalue weighted by molar-refractivity contribution is 0.171. The van der Waals surface area contributed by atoms with Gasteiger partial charge in [-0.05, 0) is 23.6 Å². The lowest BCUT2D eigenvalue weighted by Crippen LogP contribution is -2.38. The number of nitrogens with zero attached hydrogens (tertiary/aromatic N) is 1. The second kappa shape index (κ2) is 6.50. The van der Waals surface area contributed by atoms with Gasteiger partial charge in [-0.2, -0.15) is 0 Å². The van der Waals surface area contributed by atoms with E-state index in [9.17, 15) is 4.79 Å². The molecule has 0 spiro atoms. The van der Waals surface area contributed by atoms with Crippen molar-refractivity contribution in [3.63, 3.8) is 0 Å². The molecule has 5 nitrogen and oxygen atoms in total. The van der Waals surface area contributed by atoms with Gasteiger partial charge in [-0.1, -0.05) is 19.9 Å². The standard InChI is InChI=1S/C15H22N2O3/c1-11(2)9-16-15(18)17(3)10-12-4-5-13-14(8-12)20-7-6-19-13/h4-5,8,11H,6-7,9-10H2,1-3H3,(H,16,18). The van der Waals surface area contributed by atoms with Gasteiger partial charge < -0.3 is 19.7 Å². The predicted molar refractivity (Wildman–Crippen MR) is 77.1 cm³/mol. The Morgan fingerprint density at radius 2 is 2.00 bits per heavy atom. The second-order valence-corrected chi connectivity index (χ2v) is 5.41. The molecule has 1 aromatic rings. The average Bonchev–Trinajstić information content (AvgIpc) is 2.44. The molecule has 1 heterocycles. The number of ether oxygens (including phenoxy) is 2. The molecule has 110 valence electrons. The van der Waals surface area contributed by atoms with Crippen LogP contribution >= 0.6 is 0 Å². The number of carbonyl (C=O) groups excluding carboxylic acids is 1. The fourth-order valence-corrected chi connectivity index (χ4v) is 1.96. The lowest BCUT2D eigenvalue weighted by Gasteiger charge is -2.21. The van der Waals surface area contributed by atoms with Crippen LogP contribution in [0.3, 0.4) is 0 Å². The summed E-state index contributed by atoms with van der Waals surface area (Å²) in [6, 6.07) is 5.72. The molecule has 0 saturated heterocycles. The molecular weight excluding hydrogens is 256 g/mol. The molecule has 0 atom stereocenters. The maximum Gasteiger partial charge on any atom is 0.317 e. The molecule has 0 bridgehead atoms. The summed E-state index contributed by atoms with van der Waals surface area (Å²) in [5, 5.41) is 2.90. The fourth-order valence-electron chi connectivity index (χ4n) is 1.96. The lowest BCUT2D eigenvalue weighted by atomic mass is 10.2. The molecule has 0 radical (unpaired) electrons. The van der Waals surface area contributed by atoms with Gasteiger partial charge in [-0.15, -0.1) is 0 Å². The zero-order valence-corrected chi connectivity index (χ0v) is 12.3. The number of urea groups is 1. The van der Waals surface area contributed by atoms with Gasteiger partial charge in [0.15, 0.2) is 11.5 Å². The zero-order valence-electron chi connectivity index (χ0n) is 12.3. The zero-order chi connectivity index (χ0) is 14.5. The number of hydrogen-bond acceptors (Lipinski definition) is 3. The average molecular weight is 278 g/mol. The van der Waals surface area contributed by atoms with Crippen LogP contribution in [0.5, 0.6) is 11.5 Å². The largest absolute Gasteiger partial charge is 0.486 e. The number of hydrogen-bond donors (Lipinski definition) is 1. The molecule has 1 aliphatic heterocycles. The van der Waals surface area contributed by atoms with E-state index in [0.717, 1.165) is 17.1 Å². The molecule has 0 aromatic heterocycles. The molecule has 0 aliphatic carbocycles. The molecule has 2 amide bonds. The first-order valence-corrected chi connectivity index (χ1v) is 6.93. The quantitative estimate of drug-likeness (QED) is 0.919. The van der Waals surface area contributed by atoms with Crippen molar-refractivity contribution in [3.05, 3.63) is 23.8 Å². The van der Waals surface area contributed by atoms with Gasteiger partial charge in [0.1, 0.15) is 13.2 Å². The summed E-state index contributed by atoms with van der Waals surface area (Å²) in [4.78, 5) is 13.6. The van der Waals surface area contributed by atoms with Gasteiger partial charge in [0.2, 0.25) is 0 Å². The van der Waals surface area contributed by atoms with Gasteiger partial charge in [-0.3, -0.25) is 0 Å². The van der Waals surface area contributed by atoms with Crippen LogP contribution in [-0.4, -0.2) is 37.7 Å². The van der Waals surface area contributed by atoms with Crippen LogP contribution in [0.15, 0.2) is 18.2 Å². The topological polar surface area (TPSA) is 50.8 Å². The Hall–Kier alpha value is -1.91. The van der Waals surface area contributed by atoms with Crippen molar-refractivity contribution in [2.45, 2.75) is 20.4 Å². The van der Waals surface area contributed by atoms with Gasteiger partial charge in [-0.25, -0.2) is 4.79 Å². The number of carbonyl (C=O) groups is 1. The summed E-state index contributed by atoms with van der Waals surface area (Å²) < 4.78 is 11.0. The molecule has 1 aromatic carbocycles. The Labute approximate surface area is 119 Å². The number of fused-ring (bicyclic) bond motifs is 1. The van der Waals surface area contributed by atoms with E-state index in [4.69, 9.17) is 9.47 Å². The predicted octanol–water partition coefficient (Wildman–Crippen LogP) is 2.26. The van der Waals surface area contributed by atoms with E-state index in [1.807, 2.05) is 18.2 Å². The minimum Gasteiger partial charge on any atom is -0.486 e. The van der Waals surface area contributed by atoms with Gasteiger partial charge in [0, 0.05) is 20.1 Å². The third-order valence-electron chi connectivity index (χ3n) is 3.03. The van der Waals surface area contributed by atoms with Crippen molar-refractivity contribution < 1.29 is 14.3 Å². The molecule has 20 heavy (non-hydrogen) atoms. The van der Waals surface area contributed by atoms with E-state index in [0.29, 0.717) is 32.2 Å². The molecule has 1 aliphatic rings. The van der Waals surface area contributed by atoms with Crippen LogP contribution in [0.1, 0.15) is 19.4 Å². The van der Waals surface area contributed by atoms with Crippen molar-refractivity contribution in [1.82, 2.24) is 10.2 Å². The summed E-state index contributed by atoms with van der Waals surface area (Å²) >= 11 is 0. The van der Waals surface area contributed by atoms with E-state index in [1.165, 1.54) is 0 Å². The highest BCUT2D eigenvalue weighted by atomic mass is 16.6. The van der Waals surface area contributed by atoms with Crippen LogP contribution < -0.4 is 14.8 Å². The highest BCUT2D eigenvalue weighted by Gasteiger charge is 2.14. The maximum atomic E-state index is 11.9. The van der Waals surface area contributed by atoms with Crippen LogP contribution in [0.25, 0.3) is 0 Å². The first kappa shape index (κ1) is 14.5. The van der Waals surface area contributed by atoms with E-state index in [-0.39, 0.29) is 6.03 Å². The van der Waals surface area contributed by atoms with Crippen molar-refractivity contribution in [3.8, 4) is 11.5 Å². The molecule has 0 unspecified atom stereocenters. The maximum absolute atomic E-state index is 11.9. The minimum absolute atomic E-state index is 0.0615. The van der Waals surface area contributed by atoms with E-state index in [1.54, 1.807) is 11.9 Å². The highest BCUT2D eigenvalue weighted by molar-refractivity contribution is 5.73. The van der Waals surface area contributed by atoms with Crippen molar-refractivity contribution in [1.29, 1.82) is 0 Å². The Morgan fingerprint density at radius 3 is 2.70 bits per heavy atom. The third kappa shape index (κ3) is 3.79. The van der Waals surface area contributed by atoms with Crippen molar-refractivity contribution >= 4 is 6.03 Å². The summed E-state index contributed by atoms with van der Waals surface area (Å²) in [5.41, 5.74) is 1.02. The number of nitrogens with one attached hydrogen (secondary N) is 1. The number of amides is 2. The SMILES string of the molecule is CC(C)CNC(=O)N(C)Cc1ccc2c(c1)OCCO2. The van der Waals surface area contributed by atoms with E-state index >= 15 is 0 Å². The normalized spacial score (nSPS) is 13.2. The summed E-state index contributed by atoms with van der Waals surface area (Å²) in [6.07, 6.45) is 0. The first-order valence-electron chi connectivity index (χ1n) is 6.93. The molecule has 5 heteroatoms. The van der Waals surface area contributed by atoms with Crippen molar-refractivity contribution in [2.75, 3.05) is 26.8 Å². The minimum atomic E-state index is -0.0615.